The smallest absolute Gasteiger partial charge is 0.303 e. The van der Waals surface area contributed by atoms with E-state index < -0.39 is 5.97 Å². The van der Waals surface area contributed by atoms with Crippen LogP contribution in [0.1, 0.15) is 35.6 Å². The Morgan fingerprint density at radius 3 is 2.43 bits per heavy atom. The molecule has 0 aliphatic carbocycles. The minimum atomic E-state index is -0.786. The molecule has 2 aromatic rings. The molecular weight excluding hydrogens is 264 g/mol. The van der Waals surface area contributed by atoms with Crippen LogP contribution in [0, 0.1) is 6.92 Å². The lowest BCUT2D eigenvalue weighted by Gasteiger charge is -2.20. The first-order valence-electron chi connectivity index (χ1n) is 7.12. The molecule has 2 rings (SSSR count). The Balaban J connectivity index is 2.16. The fourth-order valence-electron chi connectivity index (χ4n) is 2.30. The van der Waals surface area contributed by atoms with Crippen LogP contribution in [-0.4, -0.2) is 17.7 Å². The molecule has 0 radical (unpaired) electrons. The summed E-state index contributed by atoms with van der Waals surface area (Å²) in [6.07, 6.45) is 0.501. The van der Waals surface area contributed by atoms with Crippen LogP contribution in [0.3, 0.4) is 0 Å². The zero-order valence-electron chi connectivity index (χ0n) is 12.2. The first kappa shape index (κ1) is 15.3. The second-order valence-corrected chi connectivity index (χ2v) is 5.02. The third kappa shape index (κ3) is 4.43. The van der Waals surface area contributed by atoms with Crippen molar-refractivity contribution < 1.29 is 14.6 Å². The number of hydrogen-bond acceptors (Lipinski definition) is 2. The summed E-state index contributed by atoms with van der Waals surface area (Å²) in [6, 6.07) is 18.1. The largest absolute Gasteiger partial charge is 0.481 e. The zero-order valence-corrected chi connectivity index (χ0v) is 12.2. The fraction of sp³-hybridized carbons (Fsp3) is 0.278. The van der Waals surface area contributed by atoms with Crippen LogP contribution >= 0.6 is 0 Å². The Hall–Kier alpha value is -2.13. The van der Waals surface area contributed by atoms with Gasteiger partial charge in [-0.1, -0.05) is 54.6 Å². The summed E-state index contributed by atoms with van der Waals surface area (Å²) in [7, 11) is 0. The third-order valence-electron chi connectivity index (χ3n) is 3.39. The minimum absolute atomic E-state index is 0.134. The Bertz CT molecular complexity index is 578. The first-order valence-corrected chi connectivity index (χ1v) is 7.12. The van der Waals surface area contributed by atoms with Gasteiger partial charge in [0.1, 0.15) is 6.10 Å². The number of aryl methyl sites for hydroxylation is 1. The van der Waals surface area contributed by atoms with E-state index in [-0.39, 0.29) is 12.5 Å². The van der Waals surface area contributed by atoms with Crippen LogP contribution in [0.5, 0.6) is 0 Å². The van der Waals surface area contributed by atoms with Crippen LogP contribution in [0.4, 0.5) is 0 Å². The Morgan fingerprint density at radius 1 is 1.10 bits per heavy atom. The summed E-state index contributed by atoms with van der Waals surface area (Å²) in [5.41, 5.74) is 3.38. The highest BCUT2D eigenvalue weighted by atomic mass is 16.5. The van der Waals surface area contributed by atoms with E-state index >= 15 is 0 Å². The number of rotatable bonds is 7. The maximum atomic E-state index is 10.6. The molecule has 0 saturated heterocycles. The second-order valence-electron chi connectivity index (χ2n) is 5.02. The molecule has 0 amide bonds. The maximum Gasteiger partial charge on any atom is 0.303 e. The highest BCUT2D eigenvalue weighted by Crippen LogP contribution is 2.28. The highest BCUT2D eigenvalue weighted by Gasteiger charge is 2.16. The number of carbonyl (C=O) groups is 1. The molecule has 0 spiro atoms. The average molecular weight is 284 g/mol. The summed E-state index contributed by atoms with van der Waals surface area (Å²) in [4.78, 5) is 10.6. The van der Waals surface area contributed by atoms with Crippen LogP contribution in [0.25, 0.3) is 0 Å². The summed E-state index contributed by atoms with van der Waals surface area (Å²) in [5, 5.41) is 8.70. The van der Waals surface area contributed by atoms with Gasteiger partial charge in [-0.05, 0) is 30.0 Å². The number of hydrogen-bond donors (Lipinski definition) is 1. The van der Waals surface area contributed by atoms with Crippen molar-refractivity contribution in [3.05, 3.63) is 71.3 Å². The maximum absolute atomic E-state index is 10.6. The summed E-state index contributed by atoms with van der Waals surface area (Å²) in [6.45, 7) is 2.49. The van der Waals surface area contributed by atoms with E-state index in [0.29, 0.717) is 13.0 Å². The van der Waals surface area contributed by atoms with E-state index in [1.807, 2.05) is 42.5 Å². The second kappa shape index (κ2) is 7.60. The van der Waals surface area contributed by atoms with Crippen LogP contribution in [0.15, 0.2) is 54.6 Å². The van der Waals surface area contributed by atoms with E-state index in [9.17, 15) is 4.79 Å². The molecule has 0 fully saturated rings. The van der Waals surface area contributed by atoms with Gasteiger partial charge >= 0.3 is 5.97 Å². The van der Waals surface area contributed by atoms with Crippen molar-refractivity contribution in [2.75, 3.05) is 6.61 Å². The summed E-state index contributed by atoms with van der Waals surface area (Å²) < 4.78 is 5.98. The topological polar surface area (TPSA) is 46.5 Å². The molecule has 0 aromatic heterocycles. The summed E-state index contributed by atoms with van der Waals surface area (Å²) in [5.74, 6) is -0.786. The Labute approximate surface area is 125 Å². The molecular formula is C18H20O3. The van der Waals surface area contributed by atoms with Gasteiger partial charge in [0.2, 0.25) is 0 Å². The lowest BCUT2D eigenvalue weighted by atomic mass is 9.97. The van der Waals surface area contributed by atoms with E-state index in [0.717, 1.165) is 11.1 Å². The molecule has 110 valence electrons. The van der Waals surface area contributed by atoms with Gasteiger partial charge in [-0.2, -0.15) is 0 Å². The molecule has 1 atom stereocenters. The molecule has 0 heterocycles. The Morgan fingerprint density at radius 2 is 1.76 bits per heavy atom. The number of carboxylic acid groups (broad SMARTS) is 1. The Kier molecular flexibility index (Phi) is 5.52. The zero-order chi connectivity index (χ0) is 15.1. The molecule has 0 aliphatic rings. The number of carboxylic acids is 1. The van der Waals surface area contributed by atoms with E-state index in [4.69, 9.17) is 9.84 Å². The van der Waals surface area contributed by atoms with Crippen LogP contribution in [0.2, 0.25) is 0 Å². The van der Waals surface area contributed by atoms with Crippen LogP contribution < -0.4 is 0 Å². The van der Waals surface area contributed by atoms with E-state index in [1.165, 1.54) is 5.56 Å². The SMILES string of the molecule is Cc1ccccc1C(OCCCC(=O)O)c1ccccc1. The van der Waals surface area contributed by atoms with Gasteiger partial charge in [0.25, 0.3) is 0 Å². The van der Waals surface area contributed by atoms with Crippen molar-refractivity contribution in [2.24, 2.45) is 0 Å². The van der Waals surface area contributed by atoms with E-state index in [1.54, 1.807) is 0 Å². The molecule has 2 aromatic carbocycles. The van der Waals surface area contributed by atoms with Crippen molar-refractivity contribution in [1.82, 2.24) is 0 Å². The number of ether oxygens (including phenoxy) is 1. The van der Waals surface area contributed by atoms with Gasteiger partial charge < -0.3 is 9.84 Å². The minimum Gasteiger partial charge on any atom is -0.481 e. The molecule has 21 heavy (non-hydrogen) atoms. The van der Waals surface area contributed by atoms with Crippen molar-refractivity contribution >= 4 is 5.97 Å². The molecule has 1 N–H and O–H groups in total. The lowest BCUT2D eigenvalue weighted by Crippen LogP contribution is -2.10. The first-order chi connectivity index (χ1) is 10.2. The van der Waals surface area contributed by atoms with Gasteiger partial charge in [0.15, 0.2) is 0 Å². The van der Waals surface area contributed by atoms with Gasteiger partial charge in [-0.15, -0.1) is 0 Å². The van der Waals surface area contributed by atoms with Gasteiger partial charge in [-0.25, -0.2) is 0 Å². The predicted octanol–water partition coefficient (Wildman–Crippen LogP) is 3.97. The number of aliphatic carboxylic acids is 1. The third-order valence-corrected chi connectivity index (χ3v) is 3.39. The van der Waals surface area contributed by atoms with Gasteiger partial charge in [0, 0.05) is 13.0 Å². The normalized spacial score (nSPS) is 12.0. The lowest BCUT2D eigenvalue weighted by molar-refractivity contribution is -0.137. The standard InChI is InChI=1S/C18H20O3/c1-14-8-5-6-11-16(14)18(15-9-3-2-4-10-15)21-13-7-12-17(19)20/h2-6,8-11,18H,7,12-13H2,1H3,(H,19,20). The molecule has 3 nitrogen and oxygen atoms in total. The molecule has 0 aliphatic heterocycles. The fourth-order valence-corrected chi connectivity index (χ4v) is 2.30. The van der Waals surface area contributed by atoms with E-state index in [2.05, 4.69) is 19.1 Å². The predicted molar refractivity (Wildman–Crippen MR) is 82.3 cm³/mol. The molecule has 3 heteroatoms. The van der Waals surface area contributed by atoms with Crippen molar-refractivity contribution in [2.45, 2.75) is 25.9 Å². The van der Waals surface area contributed by atoms with Crippen molar-refractivity contribution in [3.8, 4) is 0 Å². The van der Waals surface area contributed by atoms with Gasteiger partial charge in [0.05, 0.1) is 0 Å². The summed E-state index contributed by atoms with van der Waals surface area (Å²) >= 11 is 0. The van der Waals surface area contributed by atoms with Crippen LogP contribution in [-0.2, 0) is 9.53 Å². The molecule has 0 saturated carbocycles. The van der Waals surface area contributed by atoms with Gasteiger partial charge in [-0.3, -0.25) is 4.79 Å². The quantitative estimate of drug-likeness (QED) is 0.783. The number of benzene rings is 2. The monoisotopic (exact) mass is 284 g/mol. The highest BCUT2D eigenvalue weighted by molar-refractivity contribution is 5.66. The van der Waals surface area contributed by atoms with Crippen molar-refractivity contribution in [1.29, 1.82) is 0 Å². The average Bonchev–Trinajstić information content (AvgIpc) is 2.49. The molecule has 0 bridgehead atoms. The van der Waals surface area contributed by atoms with Crippen molar-refractivity contribution in [3.63, 3.8) is 0 Å². The molecule has 1 unspecified atom stereocenters.